The highest BCUT2D eigenvalue weighted by molar-refractivity contribution is 8.04. The first-order valence-electron chi connectivity index (χ1n) is 4.71. The van der Waals surface area contributed by atoms with Gasteiger partial charge < -0.3 is 0 Å². The lowest BCUT2D eigenvalue weighted by molar-refractivity contribution is 0.131. The van der Waals surface area contributed by atoms with Gasteiger partial charge in [0, 0.05) is 0 Å². The summed E-state index contributed by atoms with van der Waals surface area (Å²) in [5.74, 6) is 0. The zero-order chi connectivity index (χ0) is 17.3. The molecule has 21 heavy (non-hydrogen) atoms. The highest BCUT2D eigenvalue weighted by Crippen LogP contribution is 2.13. The first kappa shape index (κ1) is 20.6. The van der Waals surface area contributed by atoms with Gasteiger partial charge in [-0.3, -0.25) is 9.11 Å². The van der Waals surface area contributed by atoms with Crippen LogP contribution in [0.25, 0.3) is 0 Å². The Kier molecular flexibility index (Phi) is 6.30. The van der Waals surface area contributed by atoms with Crippen LogP contribution < -0.4 is 0 Å². The van der Waals surface area contributed by atoms with E-state index >= 15 is 0 Å². The van der Waals surface area contributed by atoms with E-state index < -0.39 is 56.4 Å². The van der Waals surface area contributed by atoms with E-state index in [0.29, 0.717) is 13.8 Å². The SMILES string of the molecule is CC(S(=O)(=O)O)S(=O)(=O)OCOS(=O)(=O)C(C)S(=O)(=O)O. The fraction of sp³-hybridized carbons (Fsp3) is 1.00. The van der Waals surface area contributed by atoms with E-state index in [9.17, 15) is 33.7 Å². The Morgan fingerprint density at radius 1 is 0.714 bits per heavy atom. The highest BCUT2D eigenvalue weighted by Gasteiger charge is 2.36. The Balaban J connectivity index is 4.94. The standard InChI is InChI=1S/C5H12O12S4/c1-4(18(6,7)8)20(12,13)16-3-17-21(14,15)5(2)19(9,10)11/h4-5H,3H2,1-2H3,(H,6,7,8)(H,9,10,11). The van der Waals surface area contributed by atoms with E-state index in [-0.39, 0.29) is 0 Å². The summed E-state index contributed by atoms with van der Waals surface area (Å²) in [4.78, 5) is 0. The molecule has 2 unspecified atom stereocenters. The molecular weight excluding hydrogens is 380 g/mol. The predicted octanol–water partition coefficient (Wildman–Crippen LogP) is -1.90. The quantitative estimate of drug-likeness (QED) is 0.265. The molecule has 16 heteroatoms. The molecule has 0 fully saturated rings. The van der Waals surface area contributed by atoms with Gasteiger partial charge >= 0.3 is 0 Å². The van der Waals surface area contributed by atoms with E-state index in [2.05, 4.69) is 8.37 Å². The van der Waals surface area contributed by atoms with Gasteiger partial charge in [0.1, 0.15) is 0 Å². The van der Waals surface area contributed by atoms with E-state index in [1.165, 1.54) is 0 Å². The smallest absolute Gasteiger partial charge is 0.284 e. The minimum atomic E-state index is -5.02. The van der Waals surface area contributed by atoms with Crippen LogP contribution in [-0.4, -0.2) is 58.7 Å². The molecule has 0 aromatic rings. The Hall–Kier alpha value is -0.360. The van der Waals surface area contributed by atoms with Crippen LogP contribution in [-0.2, 0) is 48.8 Å². The summed E-state index contributed by atoms with van der Waals surface area (Å²) in [7, 11) is -19.9. The van der Waals surface area contributed by atoms with Crippen molar-refractivity contribution in [2.75, 3.05) is 6.79 Å². The monoisotopic (exact) mass is 392 g/mol. The van der Waals surface area contributed by atoms with Crippen molar-refractivity contribution in [1.29, 1.82) is 0 Å². The maximum Gasteiger partial charge on any atom is 0.289 e. The van der Waals surface area contributed by atoms with Gasteiger partial charge in [0.2, 0.25) is 9.16 Å². The van der Waals surface area contributed by atoms with Crippen molar-refractivity contribution in [2.45, 2.75) is 23.0 Å². The van der Waals surface area contributed by atoms with Crippen LogP contribution in [0.1, 0.15) is 13.8 Å². The Morgan fingerprint density at radius 3 is 1.14 bits per heavy atom. The van der Waals surface area contributed by atoms with Crippen LogP contribution in [0.4, 0.5) is 0 Å². The molecule has 2 N–H and O–H groups in total. The number of hydrogen-bond donors (Lipinski definition) is 2. The second kappa shape index (κ2) is 6.41. The van der Waals surface area contributed by atoms with Gasteiger partial charge in [-0.2, -0.15) is 33.7 Å². The molecule has 0 aliphatic carbocycles. The molecule has 0 heterocycles. The van der Waals surface area contributed by atoms with Crippen LogP contribution in [0.15, 0.2) is 0 Å². The van der Waals surface area contributed by atoms with Crippen LogP contribution in [0, 0.1) is 0 Å². The lowest BCUT2D eigenvalue weighted by Gasteiger charge is -2.12. The second-order valence-corrected chi connectivity index (χ2v) is 11.4. The molecule has 0 spiro atoms. The second-order valence-electron chi connectivity index (χ2n) is 3.50. The molecule has 128 valence electrons. The Bertz CT molecular complexity index is 701. The van der Waals surface area contributed by atoms with Gasteiger partial charge in [-0.1, -0.05) is 0 Å². The van der Waals surface area contributed by atoms with Crippen molar-refractivity contribution in [3.63, 3.8) is 0 Å². The molecule has 0 amide bonds. The van der Waals surface area contributed by atoms with E-state index in [0.717, 1.165) is 0 Å². The van der Waals surface area contributed by atoms with Gasteiger partial charge in [-0.25, -0.2) is 8.37 Å². The maximum absolute atomic E-state index is 11.2. The first-order chi connectivity index (χ1) is 9.02. The van der Waals surface area contributed by atoms with Gasteiger partial charge in [-0.15, -0.1) is 0 Å². The minimum absolute atomic E-state index is 0.542. The molecule has 0 aromatic heterocycles. The lowest BCUT2D eigenvalue weighted by Crippen LogP contribution is -2.32. The molecule has 0 saturated carbocycles. The topological polar surface area (TPSA) is 195 Å². The zero-order valence-electron chi connectivity index (χ0n) is 10.5. The normalized spacial score (nSPS) is 17.3. The van der Waals surface area contributed by atoms with Crippen LogP contribution in [0.2, 0.25) is 0 Å². The van der Waals surface area contributed by atoms with Gasteiger partial charge in [0.25, 0.3) is 40.5 Å². The van der Waals surface area contributed by atoms with Gasteiger partial charge in [0.05, 0.1) is 0 Å². The minimum Gasteiger partial charge on any atom is -0.284 e. The van der Waals surface area contributed by atoms with Crippen molar-refractivity contribution in [1.82, 2.24) is 0 Å². The zero-order valence-corrected chi connectivity index (χ0v) is 13.7. The molecule has 0 rings (SSSR count). The average molecular weight is 392 g/mol. The summed E-state index contributed by atoms with van der Waals surface area (Å²) in [6, 6.07) is 0. The van der Waals surface area contributed by atoms with Crippen LogP contribution in [0.5, 0.6) is 0 Å². The van der Waals surface area contributed by atoms with Crippen molar-refractivity contribution >= 4 is 40.5 Å². The number of hydrogen-bond acceptors (Lipinski definition) is 10. The molecule has 0 radical (unpaired) electrons. The third-order valence-corrected chi connectivity index (χ3v) is 9.10. The molecule has 0 bridgehead atoms. The van der Waals surface area contributed by atoms with Crippen LogP contribution in [0.3, 0.4) is 0 Å². The highest BCUT2D eigenvalue weighted by atomic mass is 32.3. The molecule has 0 aliphatic heterocycles. The predicted molar refractivity (Wildman–Crippen MR) is 66.9 cm³/mol. The van der Waals surface area contributed by atoms with E-state index in [1.807, 2.05) is 0 Å². The summed E-state index contributed by atoms with van der Waals surface area (Å²) >= 11 is 0. The summed E-state index contributed by atoms with van der Waals surface area (Å²) in [5, 5.41) is 0. The third kappa shape index (κ3) is 6.10. The summed E-state index contributed by atoms with van der Waals surface area (Å²) in [6.45, 7) is -0.496. The van der Waals surface area contributed by atoms with Gasteiger partial charge in [0.15, 0.2) is 6.79 Å². The van der Waals surface area contributed by atoms with Crippen molar-refractivity contribution in [3.05, 3.63) is 0 Å². The van der Waals surface area contributed by atoms with E-state index in [4.69, 9.17) is 9.11 Å². The fourth-order valence-electron chi connectivity index (χ4n) is 0.643. The van der Waals surface area contributed by atoms with Crippen molar-refractivity contribution in [3.8, 4) is 0 Å². The summed E-state index contributed by atoms with van der Waals surface area (Å²) in [5.41, 5.74) is 0. The first-order valence-corrected chi connectivity index (χ1v) is 10.7. The molecule has 12 nitrogen and oxygen atoms in total. The lowest BCUT2D eigenvalue weighted by atomic mass is 11.0. The summed E-state index contributed by atoms with van der Waals surface area (Å²) in [6.07, 6.45) is 0. The molecule has 0 saturated heterocycles. The Labute approximate surface area is 121 Å². The summed E-state index contributed by atoms with van der Waals surface area (Å²) < 4.78 is 107. The van der Waals surface area contributed by atoms with E-state index in [1.54, 1.807) is 0 Å². The fourth-order valence-corrected chi connectivity index (χ4v) is 4.17. The molecular formula is C5H12O12S4. The largest absolute Gasteiger partial charge is 0.289 e. The average Bonchev–Trinajstić information content (AvgIpc) is 2.23. The van der Waals surface area contributed by atoms with Crippen molar-refractivity contribution in [2.24, 2.45) is 0 Å². The maximum atomic E-state index is 11.2. The van der Waals surface area contributed by atoms with Crippen molar-refractivity contribution < 1.29 is 51.1 Å². The number of rotatable bonds is 8. The van der Waals surface area contributed by atoms with Gasteiger partial charge in [-0.05, 0) is 13.8 Å². The molecule has 0 aromatic carbocycles. The van der Waals surface area contributed by atoms with Crippen LogP contribution >= 0.6 is 0 Å². The molecule has 2 atom stereocenters. The third-order valence-electron chi connectivity index (χ3n) is 2.08. The molecule has 0 aliphatic rings. The Morgan fingerprint density at radius 2 is 0.952 bits per heavy atom.